The number of nitrogens with one attached hydrogen (secondary N) is 1. The average molecular weight is 327 g/mol. The zero-order chi connectivity index (χ0) is 17.4. The summed E-state index contributed by atoms with van der Waals surface area (Å²) in [5.74, 6) is 1.35. The molecule has 4 heteroatoms. The van der Waals surface area contributed by atoms with Gasteiger partial charge in [-0.2, -0.15) is 0 Å². The number of carbonyl (C=O) groups is 1. The van der Waals surface area contributed by atoms with Crippen molar-refractivity contribution in [3.63, 3.8) is 0 Å². The molecule has 4 nitrogen and oxygen atoms in total. The molecule has 0 saturated carbocycles. The normalized spacial score (nSPS) is 11.6. The predicted octanol–water partition coefficient (Wildman–Crippen LogP) is 3.52. The third-order valence-corrected chi connectivity index (χ3v) is 3.70. The molecule has 0 saturated heterocycles. The van der Waals surface area contributed by atoms with E-state index in [4.69, 9.17) is 9.47 Å². The van der Waals surface area contributed by atoms with Gasteiger partial charge in [0.05, 0.1) is 6.54 Å². The van der Waals surface area contributed by atoms with Gasteiger partial charge in [0, 0.05) is 0 Å². The summed E-state index contributed by atoms with van der Waals surface area (Å²) in [4.78, 5) is 12.0. The van der Waals surface area contributed by atoms with E-state index in [1.54, 1.807) is 6.92 Å². The molecule has 0 spiro atoms. The molecule has 0 fully saturated rings. The highest BCUT2D eigenvalue weighted by Gasteiger charge is 2.13. The fourth-order valence-corrected chi connectivity index (χ4v) is 2.18. The highest BCUT2D eigenvalue weighted by atomic mass is 16.5. The summed E-state index contributed by atoms with van der Waals surface area (Å²) in [5.41, 5.74) is 2.43. The van der Waals surface area contributed by atoms with Crippen LogP contribution in [0.3, 0.4) is 0 Å². The highest BCUT2D eigenvalue weighted by Crippen LogP contribution is 2.14. The van der Waals surface area contributed by atoms with Crippen LogP contribution in [0.4, 0.5) is 0 Å². The summed E-state index contributed by atoms with van der Waals surface area (Å²) >= 11 is 0. The Morgan fingerprint density at radius 3 is 2.29 bits per heavy atom. The lowest BCUT2D eigenvalue weighted by Gasteiger charge is -2.15. The lowest BCUT2D eigenvalue weighted by molar-refractivity contribution is -0.127. The van der Waals surface area contributed by atoms with Gasteiger partial charge in [-0.15, -0.1) is 0 Å². The second-order valence-corrected chi connectivity index (χ2v) is 5.71. The van der Waals surface area contributed by atoms with Crippen molar-refractivity contribution >= 4 is 5.91 Å². The molecule has 2 aromatic rings. The molecule has 128 valence electrons. The van der Waals surface area contributed by atoms with Crippen LogP contribution in [0, 0.1) is 6.92 Å². The third-order valence-electron chi connectivity index (χ3n) is 3.70. The van der Waals surface area contributed by atoms with Crippen LogP contribution in [0.25, 0.3) is 0 Å². The summed E-state index contributed by atoms with van der Waals surface area (Å²) in [6, 6.07) is 15.6. The van der Waals surface area contributed by atoms with E-state index in [9.17, 15) is 4.79 Å². The van der Waals surface area contributed by atoms with Gasteiger partial charge in [-0.05, 0) is 50.1 Å². The van der Waals surface area contributed by atoms with Gasteiger partial charge in [0.2, 0.25) is 0 Å². The van der Waals surface area contributed by atoms with Gasteiger partial charge < -0.3 is 14.8 Å². The van der Waals surface area contributed by atoms with Crippen LogP contribution >= 0.6 is 0 Å². The summed E-state index contributed by atoms with van der Waals surface area (Å²) in [5, 5.41) is 2.82. The Kier molecular flexibility index (Phi) is 6.67. The number of hydrogen-bond acceptors (Lipinski definition) is 3. The fraction of sp³-hybridized carbons (Fsp3) is 0.350. The number of carbonyl (C=O) groups excluding carboxylic acids is 1. The summed E-state index contributed by atoms with van der Waals surface area (Å²) in [6.45, 7) is 6.73. The summed E-state index contributed by atoms with van der Waals surface area (Å²) in [6.07, 6.45) is 0.464. The second-order valence-electron chi connectivity index (χ2n) is 5.71. The smallest absolute Gasteiger partial charge is 0.260 e. The highest BCUT2D eigenvalue weighted by molar-refractivity contribution is 5.80. The first-order chi connectivity index (χ1) is 11.6. The minimum absolute atomic E-state index is 0.152. The number of hydrogen-bond donors (Lipinski definition) is 1. The maximum Gasteiger partial charge on any atom is 0.260 e. The van der Waals surface area contributed by atoms with Crippen molar-refractivity contribution in [3.8, 4) is 11.5 Å². The summed E-state index contributed by atoms with van der Waals surface area (Å²) < 4.78 is 11.2. The van der Waals surface area contributed by atoms with Crippen molar-refractivity contribution in [2.75, 3.05) is 13.2 Å². The molecule has 0 aliphatic heterocycles. The minimum atomic E-state index is -0.545. The molecule has 1 N–H and O–H groups in total. The molecule has 24 heavy (non-hydrogen) atoms. The fourth-order valence-electron chi connectivity index (χ4n) is 2.18. The molecule has 0 aromatic heterocycles. The quantitative estimate of drug-likeness (QED) is 0.755. The van der Waals surface area contributed by atoms with Gasteiger partial charge >= 0.3 is 0 Å². The van der Waals surface area contributed by atoms with E-state index in [1.807, 2.05) is 55.5 Å². The van der Waals surface area contributed by atoms with Crippen molar-refractivity contribution in [1.82, 2.24) is 5.32 Å². The number of benzene rings is 2. The first-order valence-corrected chi connectivity index (χ1v) is 8.31. The van der Waals surface area contributed by atoms with E-state index in [0.717, 1.165) is 17.7 Å². The molecule has 0 heterocycles. The topological polar surface area (TPSA) is 47.6 Å². The molecule has 0 radical (unpaired) electrons. The van der Waals surface area contributed by atoms with Gasteiger partial charge in [0.1, 0.15) is 18.1 Å². The molecule has 0 bridgehead atoms. The third kappa shape index (κ3) is 5.61. The lowest BCUT2D eigenvalue weighted by atomic mass is 10.2. The van der Waals surface area contributed by atoms with Crippen molar-refractivity contribution in [3.05, 3.63) is 59.7 Å². The minimum Gasteiger partial charge on any atom is -0.492 e. The standard InChI is InChI=1S/C20H25NO3/c1-4-17-7-11-18(12-8-17)23-14-13-21-20(22)16(3)24-19-9-5-15(2)6-10-19/h5-12,16H,4,13-14H2,1-3H3,(H,21,22). The molecule has 2 aromatic carbocycles. The van der Waals surface area contributed by atoms with E-state index in [0.29, 0.717) is 18.9 Å². The molecular formula is C20H25NO3. The SMILES string of the molecule is CCc1ccc(OCCNC(=O)C(C)Oc2ccc(C)cc2)cc1. The van der Waals surface area contributed by atoms with E-state index >= 15 is 0 Å². The van der Waals surface area contributed by atoms with Gasteiger partial charge in [-0.25, -0.2) is 0 Å². The van der Waals surface area contributed by atoms with Crippen LogP contribution in [0.5, 0.6) is 11.5 Å². The zero-order valence-corrected chi connectivity index (χ0v) is 14.5. The first kappa shape index (κ1) is 17.9. The van der Waals surface area contributed by atoms with Crippen molar-refractivity contribution in [2.24, 2.45) is 0 Å². The van der Waals surface area contributed by atoms with Crippen LogP contribution in [0.2, 0.25) is 0 Å². The van der Waals surface area contributed by atoms with Crippen LogP contribution in [0.1, 0.15) is 25.0 Å². The Morgan fingerprint density at radius 1 is 1.04 bits per heavy atom. The molecule has 1 atom stereocenters. The van der Waals surface area contributed by atoms with Crippen molar-refractivity contribution in [2.45, 2.75) is 33.3 Å². The van der Waals surface area contributed by atoms with Crippen LogP contribution < -0.4 is 14.8 Å². The van der Waals surface area contributed by atoms with E-state index in [2.05, 4.69) is 12.2 Å². The summed E-state index contributed by atoms with van der Waals surface area (Å²) in [7, 11) is 0. The number of aryl methyl sites for hydroxylation is 2. The predicted molar refractivity (Wildman–Crippen MR) is 95.6 cm³/mol. The monoisotopic (exact) mass is 327 g/mol. The largest absolute Gasteiger partial charge is 0.492 e. The van der Waals surface area contributed by atoms with Gasteiger partial charge in [0.25, 0.3) is 5.91 Å². The molecule has 0 aliphatic carbocycles. The number of ether oxygens (including phenoxy) is 2. The van der Waals surface area contributed by atoms with E-state index in [1.165, 1.54) is 5.56 Å². The Labute approximate surface area is 143 Å². The lowest BCUT2D eigenvalue weighted by Crippen LogP contribution is -2.38. The Balaban J connectivity index is 1.69. The Bertz CT molecular complexity index is 635. The number of amides is 1. The van der Waals surface area contributed by atoms with Gasteiger partial charge in [0.15, 0.2) is 6.10 Å². The van der Waals surface area contributed by atoms with Crippen LogP contribution in [0.15, 0.2) is 48.5 Å². The maximum atomic E-state index is 12.0. The molecule has 0 aliphatic rings. The average Bonchev–Trinajstić information content (AvgIpc) is 2.61. The van der Waals surface area contributed by atoms with Crippen molar-refractivity contribution < 1.29 is 14.3 Å². The molecule has 1 amide bonds. The molecule has 1 unspecified atom stereocenters. The van der Waals surface area contributed by atoms with Crippen LogP contribution in [-0.2, 0) is 11.2 Å². The van der Waals surface area contributed by atoms with Crippen molar-refractivity contribution in [1.29, 1.82) is 0 Å². The maximum absolute atomic E-state index is 12.0. The van der Waals surface area contributed by atoms with Crippen LogP contribution in [-0.4, -0.2) is 25.2 Å². The molecule has 2 rings (SSSR count). The number of rotatable bonds is 8. The molecular weight excluding hydrogens is 302 g/mol. The van der Waals surface area contributed by atoms with E-state index in [-0.39, 0.29) is 5.91 Å². The van der Waals surface area contributed by atoms with Gasteiger partial charge in [-0.3, -0.25) is 4.79 Å². The Morgan fingerprint density at radius 2 is 1.67 bits per heavy atom. The first-order valence-electron chi connectivity index (χ1n) is 8.31. The second kappa shape index (κ2) is 8.96. The van der Waals surface area contributed by atoms with E-state index < -0.39 is 6.10 Å². The zero-order valence-electron chi connectivity index (χ0n) is 14.5. The van der Waals surface area contributed by atoms with Gasteiger partial charge in [-0.1, -0.05) is 36.8 Å². The Hall–Kier alpha value is -2.49.